The zero-order chi connectivity index (χ0) is 12.1. The van der Waals surface area contributed by atoms with Crippen LogP contribution in [0.2, 0.25) is 0 Å². The number of rotatable bonds is 2. The van der Waals surface area contributed by atoms with Crippen LogP contribution in [-0.4, -0.2) is 60.6 Å². The molecule has 1 atom stereocenters. The third-order valence-electron chi connectivity index (χ3n) is 2.83. The molecule has 1 amide bonds. The first-order chi connectivity index (χ1) is 8.27. The van der Waals surface area contributed by atoms with Crippen LogP contribution in [0.25, 0.3) is 0 Å². The van der Waals surface area contributed by atoms with Crippen molar-refractivity contribution in [1.82, 2.24) is 10.2 Å². The Bertz CT molecular complexity index is 303. The minimum Gasteiger partial charge on any atom is -0.378 e. The quantitative estimate of drug-likeness (QED) is 0.774. The Kier molecular flexibility index (Phi) is 4.67. The Hall–Kier alpha value is -0.750. The van der Waals surface area contributed by atoms with Crippen molar-refractivity contribution >= 4 is 22.8 Å². The van der Waals surface area contributed by atoms with Gasteiger partial charge in [-0.3, -0.25) is 9.79 Å². The van der Waals surface area contributed by atoms with Crippen molar-refractivity contribution in [3.8, 4) is 0 Å². The summed E-state index contributed by atoms with van der Waals surface area (Å²) in [6.07, 6.45) is 1.13. The van der Waals surface area contributed by atoms with E-state index in [-0.39, 0.29) is 11.9 Å². The molecule has 0 radical (unpaired) electrons. The molecule has 0 spiro atoms. The van der Waals surface area contributed by atoms with Gasteiger partial charge in [-0.25, -0.2) is 0 Å². The van der Waals surface area contributed by atoms with Gasteiger partial charge in [-0.1, -0.05) is 11.8 Å². The largest absolute Gasteiger partial charge is 0.378 e. The standard InChI is InChI=1S/C11H19N3O2S/c1-9(13-11-12-3-2-8-17-11)10(15)14-4-6-16-7-5-14/h9H,2-8H2,1H3,(H,12,13). The van der Waals surface area contributed by atoms with Crippen LogP contribution in [0.1, 0.15) is 13.3 Å². The van der Waals surface area contributed by atoms with E-state index in [4.69, 9.17) is 4.74 Å². The topological polar surface area (TPSA) is 53.9 Å². The molecule has 5 nitrogen and oxygen atoms in total. The maximum atomic E-state index is 12.1. The van der Waals surface area contributed by atoms with E-state index < -0.39 is 0 Å². The molecule has 2 aliphatic heterocycles. The van der Waals surface area contributed by atoms with Gasteiger partial charge >= 0.3 is 0 Å². The van der Waals surface area contributed by atoms with Crippen molar-refractivity contribution in [3.05, 3.63) is 0 Å². The Balaban J connectivity index is 1.83. The van der Waals surface area contributed by atoms with Gasteiger partial charge < -0.3 is 15.0 Å². The monoisotopic (exact) mass is 257 g/mol. The average molecular weight is 257 g/mol. The lowest BCUT2D eigenvalue weighted by Crippen LogP contribution is -2.50. The fraction of sp³-hybridized carbons (Fsp3) is 0.818. The zero-order valence-corrected chi connectivity index (χ0v) is 11.0. The number of nitrogens with one attached hydrogen (secondary N) is 1. The Labute approximate surface area is 106 Å². The molecule has 1 unspecified atom stereocenters. The fourth-order valence-corrected chi connectivity index (χ4v) is 2.76. The molecule has 0 bridgehead atoms. The molecule has 1 fully saturated rings. The van der Waals surface area contributed by atoms with Gasteiger partial charge in [0.15, 0.2) is 5.17 Å². The van der Waals surface area contributed by atoms with Crippen LogP contribution < -0.4 is 5.32 Å². The number of ether oxygens (including phenoxy) is 1. The summed E-state index contributed by atoms with van der Waals surface area (Å²) >= 11 is 1.70. The summed E-state index contributed by atoms with van der Waals surface area (Å²) in [4.78, 5) is 18.3. The second kappa shape index (κ2) is 6.26. The number of aliphatic imine (C=N–C) groups is 1. The van der Waals surface area contributed by atoms with E-state index in [0.29, 0.717) is 26.3 Å². The molecule has 2 rings (SSSR count). The Morgan fingerprint density at radius 1 is 1.53 bits per heavy atom. The summed E-state index contributed by atoms with van der Waals surface area (Å²) in [5, 5.41) is 4.10. The lowest BCUT2D eigenvalue weighted by Gasteiger charge is -2.30. The molecular weight excluding hydrogens is 238 g/mol. The van der Waals surface area contributed by atoms with Crippen molar-refractivity contribution in [1.29, 1.82) is 0 Å². The first kappa shape index (κ1) is 12.7. The van der Waals surface area contributed by atoms with Crippen LogP contribution in [0.5, 0.6) is 0 Å². The molecule has 0 aromatic rings. The predicted molar refractivity (Wildman–Crippen MR) is 69.4 cm³/mol. The SMILES string of the molecule is CC(NC1=NCCCS1)C(=O)N1CCOCC1. The van der Waals surface area contributed by atoms with Gasteiger partial charge in [-0.05, 0) is 13.3 Å². The van der Waals surface area contributed by atoms with Crippen molar-refractivity contribution in [2.45, 2.75) is 19.4 Å². The average Bonchev–Trinajstić information content (AvgIpc) is 2.40. The number of carbonyl (C=O) groups excluding carboxylic acids is 1. The number of hydrogen-bond donors (Lipinski definition) is 1. The Morgan fingerprint density at radius 2 is 2.29 bits per heavy atom. The third kappa shape index (κ3) is 3.61. The molecular formula is C11H19N3O2S. The highest BCUT2D eigenvalue weighted by molar-refractivity contribution is 8.13. The predicted octanol–water partition coefficient (Wildman–Crippen LogP) is 0.316. The van der Waals surface area contributed by atoms with Crippen LogP contribution in [0, 0.1) is 0 Å². The van der Waals surface area contributed by atoms with Crippen molar-refractivity contribution in [2.24, 2.45) is 4.99 Å². The van der Waals surface area contributed by atoms with Crippen LogP contribution in [0.4, 0.5) is 0 Å². The first-order valence-electron chi connectivity index (χ1n) is 6.07. The number of amidine groups is 1. The first-order valence-corrected chi connectivity index (χ1v) is 7.06. The lowest BCUT2D eigenvalue weighted by molar-refractivity contribution is -0.136. The van der Waals surface area contributed by atoms with Crippen LogP contribution >= 0.6 is 11.8 Å². The van der Waals surface area contributed by atoms with Crippen LogP contribution in [-0.2, 0) is 9.53 Å². The molecule has 0 aliphatic carbocycles. The van der Waals surface area contributed by atoms with E-state index in [1.54, 1.807) is 11.8 Å². The summed E-state index contributed by atoms with van der Waals surface area (Å²) in [7, 11) is 0. The number of carbonyl (C=O) groups is 1. The smallest absolute Gasteiger partial charge is 0.244 e. The van der Waals surface area contributed by atoms with E-state index in [1.165, 1.54) is 0 Å². The molecule has 0 aromatic carbocycles. The molecule has 0 aromatic heterocycles. The van der Waals surface area contributed by atoms with E-state index in [1.807, 2.05) is 11.8 Å². The highest BCUT2D eigenvalue weighted by atomic mass is 32.2. The third-order valence-corrected chi connectivity index (χ3v) is 3.84. The van der Waals surface area contributed by atoms with Gasteiger partial charge in [-0.15, -0.1) is 0 Å². The zero-order valence-electron chi connectivity index (χ0n) is 10.1. The second-order valence-corrected chi connectivity index (χ2v) is 5.28. The summed E-state index contributed by atoms with van der Waals surface area (Å²) in [5.74, 6) is 1.23. The lowest BCUT2D eigenvalue weighted by atomic mass is 10.2. The van der Waals surface area contributed by atoms with Crippen molar-refractivity contribution < 1.29 is 9.53 Å². The molecule has 1 N–H and O–H groups in total. The minimum absolute atomic E-state index is 0.141. The highest BCUT2D eigenvalue weighted by Gasteiger charge is 2.23. The summed E-state index contributed by atoms with van der Waals surface area (Å²) in [6, 6.07) is -0.197. The molecule has 0 saturated carbocycles. The van der Waals surface area contributed by atoms with Gasteiger partial charge in [-0.2, -0.15) is 0 Å². The van der Waals surface area contributed by atoms with Gasteiger partial charge in [0.1, 0.15) is 6.04 Å². The fourth-order valence-electron chi connectivity index (χ4n) is 1.85. The Morgan fingerprint density at radius 3 is 2.94 bits per heavy atom. The minimum atomic E-state index is -0.197. The van der Waals surface area contributed by atoms with Crippen LogP contribution in [0.15, 0.2) is 4.99 Å². The van der Waals surface area contributed by atoms with Gasteiger partial charge in [0.05, 0.1) is 13.2 Å². The molecule has 6 heteroatoms. The van der Waals surface area contributed by atoms with Gasteiger partial charge in [0, 0.05) is 25.4 Å². The van der Waals surface area contributed by atoms with Gasteiger partial charge in [0.25, 0.3) is 0 Å². The van der Waals surface area contributed by atoms with Crippen LogP contribution in [0.3, 0.4) is 0 Å². The number of morpholine rings is 1. The van der Waals surface area contributed by atoms with E-state index in [9.17, 15) is 4.79 Å². The molecule has 1 saturated heterocycles. The molecule has 2 aliphatic rings. The summed E-state index contributed by atoms with van der Waals surface area (Å²) in [5.41, 5.74) is 0. The molecule has 96 valence electrons. The van der Waals surface area contributed by atoms with Crippen molar-refractivity contribution in [2.75, 3.05) is 38.6 Å². The second-order valence-electron chi connectivity index (χ2n) is 4.19. The maximum absolute atomic E-state index is 12.1. The number of hydrogen-bond acceptors (Lipinski definition) is 5. The summed E-state index contributed by atoms with van der Waals surface area (Å²) in [6.45, 7) is 5.46. The normalized spacial score (nSPS) is 22.9. The van der Waals surface area contributed by atoms with E-state index in [2.05, 4.69) is 10.3 Å². The van der Waals surface area contributed by atoms with Crippen molar-refractivity contribution in [3.63, 3.8) is 0 Å². The molecule has 17 heavy (non-hydrogen) atoms. The number of amides is 1. The van der Waals surface area contributed by atoms with Gasteiger partial charge in [0.2, 0.25) is 5.91 Å². The highest BCUT2D eigenvalue weighted by Crippen LogP contribution is 2.11. The maximum Gasteiger partial charge on any atom is 0.244 e. The number of nitrogens with zero attached hydrogens (tertiary/aromatic N) is 2. The number of thioether (sulfide) groups is 1. The van der Waals surface area contributed by atoms with E-state index in [0.717, 1.165) is 23.9 Å². The van der Waals surface area contributed by atoms with E-state index >= 15 is 0 Å². The summed E-state index contributed by atoms with van der Waals surface area (Å²) < 4.78 is 5.24. The molecule has 2 heterocycles.